The number of anilines is 1. The second kappa shape index (κ2) is 17.1. The first-order valence-electron chi connectivity index (χ1n) is 16.4. The molecule has 4 atom stereocenters. The fourth-order valence-corrected chi connectivity index (χ4v) is 5.93. The topological polar surface area (TPSA) is 185 Å². The molecule has 2 aliphatic heterocycles. The zero-order chi connectivity index (χ0) is 34.7. The largest absolute Gasteiger partial charge is 0.465 e. The molecule has 2 aliphatic rings. The summed E-state index contributed by atoms with van der Waals surface area (Å²) in [7, 11) is 3.93. The number of amides is 4. The van der Waals surface area contributed by atoms with Gasteiger partial charge in [-0.25, -0.2) is 19.6 Å². The molecule has 4 amide bonds. The van der Waals surface area contributed by atoms with Gasteiger partial charge in [0.05, 0.1) is 11.4 Å². The summed E-state index contributed by atoms with van der Waals surface area (Å²) >= 11 is 0. The van der Waals surface area contributed by atoms with Gasteiger partial charge in [-0.1, -0.05) is 13.8 Å². The molecule has 2 aromatic rings. The summed E-state index contributed by atoms with van der Waals surface area (Å²) in [4.78, 5) is 64.3. The van der Waals surface area contributed by atoms with Gasteiger partial charge in [-0.3, -0.25) is 9.59 Å². The highest BCUT2D eigenvalue weighted by Crippen LogP contribution is 2.28. The fourth-order valence-electron chi connectivity index (χ4n) is 5.93. The first-order chi connectivity index (χ1) is 22.2. The quantitative estimate of drug-likeness (QED) is 0.268. The Morgan fingerprint density at radius 1 is 1.00 bits per heavy atom. The van der Waals surface area contributed by atoms with Gasteiger partial charge < -0.3 is 45.5 Å². The second-order valence-corrected chi connectivity index (χ2v) is 13.4. The highest BCUT2D eigenvalue weighted by molar-refractivity contribution is 5.87. The lowest BCUT2D eigenvalue weighted by atomic mass is 9.92. The monoisotopic (exact) mass is 659 g/mol. The molecule has 4 unspecified atom stereocenters. The van der Waals surface area contributed by atoms with Gasteiger partial charge in [-0.05, 0) is 58.6 Å². The lowest BCUT2D eigenvalue weighted by Gasteiger charge is -2.42. The lowest BCUT2D eigenvalue weighted by Crippen LogP contribution is -2.53. The van der Waals surface area contributed by atoms with E-state index in [2.05, 4.69) is 49.6 Å². The minimum atomic E-state index is -1.09. The molecule has 0 aliphatic carbocycles. The van der Waals surface area contributed by atoms with Gasteiger partial charge >= 0.3 is 12.2 Å². The molecule has 2 aromatic heterocycles. The first kappa shape index (κ1) is 37.3. The van der Waals surface area contributed by atoms with Gasteiger partial charge in [0.15, 0.2) is 0 Å². The van der Waals surface area contributed by atoms with Crippen molar-refractivity contribution in [2.24, 2.45) is 11.8 Å². The number of aromatic amines is 1. The maximum Gasteiger partial charge on any atom is 0.407 e. The normalized spacial score (nSPS) is 21.3. The predicted octanol–water partition coefficient (Wildman–Crippen LogP) is 2.65. The van der Waals surface area contributed by atoms with Crippen molar-refractivity contribution in [2.75, 3.05) is 58.3 Å². The van der Waals surface area contributed by atoms with E-state index in [0.717, 1.165) is 42.8 Å². The molecule has 4 rings (SSSR count). The summed E-state index contributed by atoms with van der Waals surface area (Å²) in [5.41, 5.74) is 0.248. The van der Waals surface area contributed by atoms with Crippen LogP contribution in [0, 0.1) is 11.8 Å². The number of carbonyl (C=O) groups is 4. The van der Waals surface area contributed by atoms with Gasteiger partial charge in [0.2, 0.25) is 11.8 Å². The van der Waals surface area contributed by atoms with Crippen molar-refractivity contribution in [1.82, 2.24) is 40.7 Å². The van der Waals surface area contributed by atoms with Crippen LogP contribution in [0.4, 0.5) is 15.4 Å². The van der Waals surface area contributed by atoms with E-state index < -0.39 is 17.8 Å². The number of fused-ring (bicyclic) bond motifs is 1. The summed E-state index contributed by atoms with van der Waals surface area (Å²) in [6.07, 6.45) is 4.22. The summed E-state index contributed by atoms with van der Waals surface area (Å²) in [5.74, 6) is 1.90. The number of piperidine rings is 2. The Morgan fingerprint density at radius 3 is 2.23 bits per heavy atom. The molecule has 15 heteroatoms. The predicted molar refractivity (Wildman–Crippen MR) is 179 cm³/mol. The standard InChI is InChI=1S/C21H32N6O3.C11H21N3O3/c1-14-8-11-27(17(28)7-10-23-20(29)30-21(2,3)4)12-16(14)26(5)19-15-6-9-22-18(15)24-13-25-19;1-8-4-6-14(7-9(8)12-2)10(15)3-5-13-11(16)17/h6,9,13-14,16H,7-8,10-12H2,1-5H3,(H,23,29)(H,22,24,25);8-9,12-13H,3-7H2,1-2H3,(H,16,17). The number of carbonyl (C=O) groups excluding carboxylic acids is 3. The van der Waals surface area contributed by atoms with Crippen LogP contribution in [0.25, 0.3) is 11.0 Å². The van der Waals surface area contributed by atoms with E-state index >= 15 is 0 Å². The van der Waals surface area contributed by atoms with E-state index in [1.54, 1.807) is 6.33 Å². The minimum Gasteiger partial charge on any atom is -0.465 e. The summed E-state index contributed by atoms with van der Waals surface area (Å²) in [6.45, 7) is 13.1. The van der Waals surface area contributed by atoms with E-state index in [0.29, 0.717) is 31.0 Å². The summed E-state index contributed by atoms with van der Waals surface area (Å²) < 4.78 is 5.21. The molecular weight excluding hydrogens is 606 g/mol. The van der Waals surface area contributed by atoms with E-state index in [1.165, 1.54) is 0 Å². The molecule has 15 nitrogen and oxygen atoms in total. The van der Waals surface area contributed by atoms with Crippen LogP contribution in [0.5, 0.6) is 0 Å². The molecule has 0 bridgehead atoms. The molecule has 262 valence electrons. The van der Waals surface area contributed by atoms with Gasteiger partial charge in [0.1, 0.15) is 23.4 Å². The number of likely N-dealkylation sites (tertiary alicyclic amines) is 2. The van der Waals surface area contributed by atoms with Crippen molar-refractivity contribution >= 4 is 40.9 Å². The molecule has 47 heavy (non-hydrogen) atoms. The van der Waals surface area contributed by atoms with E-state index in [9.17, 15) is 19.2 Å². The van der Waals surface area contributed by atoms with Crippen molar-refractivity contribution in [1.29, 1.82) is 0 Å². The van der Waals surface area contributed by atoms with Crippen LogP contribution in [0.1, 0.15) is 60.3 Å². The molecule has 0 saturated carbocycles. The zero-order valence-electron chi connectivity index (χ0n) is 28.8. The SMILES string of the molecule is CC1CCN(C(=O)CCNC(=O)OC(C)(C)C)CC1N(C)c1ncnc2[nH]ccc12.CNC1CN(C(=O)CCNC(=O)O)CCC1C. The van der Waals surface area contributed by atoms with Crippen molar-refractivity contribution in [3.63, 3.8) is 0 Å². The molecule has 0 aromatic carbocycles. The second-order valence-electron chi connectivity index (χ2n) is 13.4. The minimum absolute atomic E-state index is 0.0194. The Balaban J connectivity index is 0.000000300. The maximum atomic E-state index is 12.7. The number of carboxylic acid groups (broad SMARTS) is 1. The number of aromatic nitrogens is 3. The van der Waals surface area contributed by atoms with Crippen molar-refractivity contribution in [2.45, 2.75) is 78.0 Å². The third-order valence-electron chi connectivity index (χ3n) is 8.74. The first-order valence-corrected chi connectivity index (χ1v) is 16.4. The molecule has 4 heterocycles. The van der Waals surface area contributed by atoms with E-state index in [4.69, 9.17) is 9.84 Å². The van der Waals surface area contributed by atoms with Gasteiger partial charge in [0, 0.05) is 71.4 Å². The van der Waals surface area contributed by atoms with Gasteiger partial charge in [-0.15, -0.1) is 0 Å². The van der Waals surface area contributed by atoms with Crippen molar-refractivity contribution in [3.8, 4) is 0 Å². The number of likely N-dealkylation sites (N-methyl/N-ethyl adjacent to an activating group) is 2. The number of hydrogen-bond donors (Lipinski definition) is 5. The zero-order valence-corrected chi connectivity index (χ0v) is 28.8. The van der Waals surface area contributed by atoms with Crippen LogP contribution in [0.2, 0.25) is 0 Å². The number of nitrogens with zero attached hydrogens (tertiary/aromatic N) is 5. The summed E-state index contributed by atoms with van der Waals surface area (Å²) in [5, 5.41) is 17.4. The average Bonchev–Trinajstić information content (AvgIpc) is 3.50. The van der Waals surface area contributed by atoms with Gasteiger partial charge in [-0.2, -0.15) is 0 Å². The molecule has 2 saturated heterocycles. The molecule has 0 radical (unpaired) electrons. The van der Waals surface area contributed by atoms with E-state index in [1.807, 2.05) is 56.9 Å². The highest BCUT2D eigenvalue weighted by Gasteiger charge is 2.33. The Morgan fingerprint density at radius 2 is 1.62 bits per heavy atom. The van der Waals surface area contributed by atoms with Crippen molar-refractivity contribution in [3.05, 3.63) is 18.6 Å². The van der Waals surface area contributed by atoms with Crippen molar-refractivity contribution < 1.29 is 29.0 Å². The number of hydrogen-bond acceptors (Lipinski definition) is 9. The molecule has 5 N–H and O–H groups in total. The lowest BCUT2D eigenvalue weighted by molar-refractivity contribution is -0.133. The number of H-pyrrole nitrogens is 1. The van der Waals surface area contributed by atoms with Crippen LogP contribution in [-0.2, 0) is 14.3 Å². The van der Waals surface area contributed by atoms with Crippen LogP contribution >= 0.6 is 0 Å². The number of ether oxygens (including phenoxy) is 1. The van der Waals surface area contributed by atoms with Crippen LogP contribution in [0.15, 0.2) is 18.6 Å². The molecule has 2 fully saturated rings. The fraction of sp³-hybridized carbons (Fsp3) is 0.688. The smallest absolute Gasteiger partial charge is 0.407 e. The third-order valence-corrected chi connectivity index (χ3v) is 8.74. The Labute approximate surface area is 277 Å². The Bertz CT molecular complexity index is 1350. The maximum absolute atomic E-state index is 12.7. The summed E-state index contributed by atoms with van der Waals surface area (Å²) in [6, 6.07) is 2.45. The Hall–Kier alpha value is -4.14. The number of rotatable bonds is 9. The van der Waals surface area contributed by atoms with Crippen LogP contribution in [-0.4, -0.2) is 125 Å². The third kappa shape index (κ3) is 11.3. The Kier molecular flexibility index (Phi) is 13.6. The van der Waals surface area contributed by atoms with Gasteiger partial charge in [0.25, 0.3) is 0 Å². The number of alkyl carbamates (subject to hydrolysis) is 1. The molecular formula is C32H53N9O6. The highest BCUT2D eigenvalue weighted by atomic mass is 16.6. The van der Waals surface area contributed by atoms with E-state index in [-0.39, 0.29) is 43.8 Å². The average molecular weight is 660 g/mol. The van der Waals surface area contributed by atoms with Crippen LogP contribution in [0.3, 0.4) is 0 Å². The van der Waals surface area contributed by atoms with Crippen LogP contribution < -0.4 is 20.9 Å². The molecule has 0 spiro atoms. The number of nitrogens with one attached hydrogen (secondary N) is 4.